The Hall–Kier alpha value is -0.570. The molecule has 0 aromatic carbocycles. The van der Waals surface area contributed by atoms with E-state index in [4.69, 9.17) is 5.26 Å². The summed E-state index contributed by atoms with van der Waals surface area (Å²) in [6.45, 7) is 4.84. The van der Waals surface area contributed by atoms with Crippen molar-refractivity contribution < 1.29 is 0 Å². The van der Waals surface area contributed by atoms with Crippen LogP contribution < -0.4 is 5.32 Å². The van der Waals surface area contributed by atoms with Gasteiger partial charge in [-0.1, -0.05) is 6.92 Å². The third-order valence-corrected chi connectivity index (χ3v) is 4.33. The third-order valence-electron chi connectivity index (χ3n) is 2.84. The molecule has 0 saturated carbocycles. The van der Waals surface area contributed by atoms with Gasteiger partial charge in [0.2, 0.25) is 0 Å². The number of nitrogens with one attached hydrogen (secondary N) is 1. The van der Waals surface area contributed by atoms with E-state index in [0.29, 0.717) is 0 Å². The fourth-order valence-corrected chi connectivity index (χ4v) is 2.86. The van der Waals surface area contributed by atoms with Crippen LogP contribution in [0.25, 0.3) is 0 Å². The van der Waals surface area contributed by atoms with E-state index in [1.165, 1.54) is 0 Å². The number of hydrogen-bond acceptors (Lipinski definition) is 4. The predicted molar refractivity (Wildman–Crippen MR) is 84.2 cm³/mol. The van der Waals surface area contributed by atoms with Crippen LogP contribution in [0.3, 0.4) is 0 Å². The molecule has 3 nitrogen and oxygen atoms in total. The number of rotatable bonds is 8. The van der Waals surface area contributed by atoms with Crippen LogP contribution in [0, 0.1) is 11.3 Å². The van der Waals surface area contributed by atoms with Gasteiger partial charge < -0.3 is 0 Å². The van der Waals surface area contributed by atoms with Crippen molar-refractivity contribution in [2.45, 2.75) is 43.7 Å². The van der Waals surface area contributed by atoms with Gasteiger partial charge in [0, 0.05) is 10.7 Å². The van der Waals surface area contributed by atoms with Crippen LogP contribution in [0.15, 0.2) is 27.8 Å². The summed E-state index contributed by atoms with van der Waals surface area (Å²) in [5, 5.41) is 13.4. The van der Waals surface area contributed by atoms with Crippen molar-refractivity contribution in [2.75, 3.05) is 12.3 Å². The highest BCUT2D eigenvalue weighted by molar-refractivity contribution is 9.10. The fraction of sp³-hybridized carbons (Fsp3) is 0.571. The molecule has 1 heterocycles. The first-order valence-electron chi connectivity index (χ1n) is 6.50. The van der Waals surface area contributed by atoms with Crippen LogP contribution in [0.2, 0.25) is 0 Å². The Morgan fingerprint density at radius 2 is 2.26 bits per heavy atom. The van der Waals surface area contributed by atoms with Gasteiger partial charge in [0.05, 0.1) is 11.1 Å². The quantitative estimate of drug-likeness (QED) is 0.573. The van der Waals surface area contributed by atoms with Gasteiger partial charge in [-0.25, -0.2) is 4.98 Å². The Morgan fingerprint density at radius 1 is 1.47 bits per heavy atom. The minimum atomic E-state index is -0.380. The molecule has 1 rings (SSSR count). The lowest BCUT2D eigenvalue weighted by Crippen LogP contribution is -2.40. The second kappa shape index (κ2) is 8.57. The highest BCUT2D eigenvalue weighted by Crippen LogP contribution is 2.20. The Bertz CT molecular complexity index is 416. The SMILES string of the molecule is CCNC(C)(C#N)CCCCSc1ccc(Br)cn1. The molecule has 0 amide bonds. The van der Waals surface area contributed by atoms with E-state index < -0.39 is 0 Å². The van der Waals surface area contributed by atoms with E-state index in [1.807, 2.05) is 32.2 Å². The molecular formula is C14H20BrN3S. The minimum absolute atomic E-state index is 0.380. The Kier molecular flexibility index (Phi) is 7.44. The van der Waals surface area contributed by atoms with Gasteiger partial charge in [-0.05, 0) is 66.5 Å². The minimum Gasteiger partial charge on any atom is -0.300 e. The maximum absolute atomic E-state index is 9.14. The molecule has 1 atom stereocenters. The Labute approximate surface area is 128 Å². The zero-order valence-corrected chi connectivity index (χ0v) is 13.9. The number of halogens is 1. The molecule has 19 heavy (non-hydrogen) atoms. The smallest absolute Gasteiger partial charge is 0.103 e. The lowest BCUT2D eigenvalue weighted by atomic mass is 9.97. The largest absolute Gasteiger partial charge is 0.300 e. The van der Waals surface area contributed by atoms with Gasteiger partial charge in [0.15, 0.2) is 0 Å². The standard InChI is InChI=1S/C14H20BrN3S/c1-3-18-14(2,11-16)8-4-5-9-19-13-7-6-12(15)10-17-13/h6-7,10,18H,3-5,8-9H2,1-2H3. The molecule has 5 heteroatoms. The second-order valence-electron chi connectivity index (χ2n) is 4.59. The van der Waals surface area contributed by atoms with E-state index >= 15 is 0 Å². The molecule has 1 unspecified atom stereocenters. The summed E-state index contributed by atoms with van der Waals surface area (Å²) in [6.07, 6.45) is 4.87. The maximum atomic E-state index is 9.14. The summed E-state index contributed by atoms with van der Waals surface area (Å²) in [5.41, 5.74) is -0.380. The molecule has 0 aliphatic carbocycles. The fourth-order valence-electron chi connectivity index (χ4n) is 1.78. The lowest BCUT2D eigenvalue weighted by Gasteiger charge is -2.22. The monoisotopic (exact) mass is 341 g/mol. The van der Waals surface area contributed by atoms with Gasteiger partial charge in [0.25, 0.3) is 0 Å². The van der Waals surface area contributed by atoms with Crippen LogP contribution in [0.4, 0.5) is 0 Å². The number of aromatic nitrogens is 1. The highest BCUT2D eigenvalue weighted by Gasteiger charge is 2.20. The van der Waals surface area contributed by atoms with Crippen molar-refractivity contribution in [3.05, 3.63) is 22.8 Å². The van der Waals surface area contributed by atoms with E-state index in [2.05, 4.69) is 32.3 Å². The first-order chi connectivity index (χ1) is 9.09. The molecule has 0 fully saturated rings. The van der Waals surface area contributed by atoms with Crippen LogP contribution >= 0.6 is 27.7 Å². The van der Waals surface area contributed by atoms with Crippen LogP contribution in [-0.2, 0) is 0 Å². The molecule has 1 aromatic heterocycles. The van der Waals surface area contributed by atoms with Crippen LogP contribution in [-0.4, -0.2) is 22.8 Å². The molecule has 0 aliphatic heterocycles. The number of hydrogen-bond donors (Lipinski definition) is 1. The molecule has 0 saturated heterocycles. The normalized spacial score (nSPS) is 13.8. The average molecular weight is 342 g/mol. The molecule has 1 aromatic rings. The van der Waals surface area contributed by atoms with Crippen LogP contribution in [0.5, 0.6) is 0 Å². The van der Waals surface area contributed by atoms with Gasteiger partial charge in [-0.3, -0.25) is 5.32 Å². The zero-order valence-electron chi connectivity index (χ0n) is 11.4. The highest BCUT2D eigenvalue weighted by atomic mass is 79.9. The number of pyridine rings is 1. The molecular weight excluding hydrogens is 322 g/mol. The molecule has 0 aliphatic rings. The van der Waals surface area contributed by atoms with Crippen molar-refractivity contribution in [1.29, 1.82) is 5.26 Å². The first-order valence-corrected chi connectivity index (χ1v) is 8.28. The number of nitriles is 1. The van der Waals surface area contributed by atoms with Gasteiger partial charge in [-0.2, -0.15) is 5.26 Å². The predicted octanol–water partition coefficient (Wildman–Crippen LogP) is 4.00. The van der Waals surface area contributed by atoms with Gasteiger partial charge in [-0.15, -0.1) is 11.8 Å². The van der Waals surface area contributed by atoms with Gasteiger partial charge in [0.1, 0.15) is 5.54 Å². The summed E-state index contributed by atoms with van der Waals surface area (Å²) in [6, 6.07) is 6.39. The third kappa shape index (κ3) is 6.42. The molecule has 0 bridgehead atoms. The second-order valence-corrected chi connectivity index (χ2v) is 6.63. The molecule has 0 spiro atoms. The lowest BCUT2D eigenvalue weighted by molar-refractivity contribution is 0.415. The summed E-state index contributed by atoms with van der Waals surface area (Å²) in [4.78, 5) is 4.32. The Balaban J connectivity index is 2.21. The summed E-state index contributed by atoms with van der Waals surface area (Å²) < 4.78 is 1.01. The van der Waals surface area contributed by atoms with E-state index in [-0.39, 0.29) is 5.54 Å². The van der Waals surface area contributed by atoms with Crippen LogP contribution in [0.1, 0.15) is 33.1 Å². The van der Waals surface area contributed by atoms with E-state index in [0.717, 1.165) is 41.1 Å². The zero-order chi connectivity index (χ0) is 14.1. The molecule has 1 N–H and O–H groups in total. The topological polar surface area (TPSA) is 48.7 Å². The number of unbranched alkanes of at least 4 members (excludes halogenated alkanes) is 1. The van der Waals surface area contributed by atoms with E-state index in [1.54, 1.807) is 11.8 Å². The van der Waals surface area contributed by atoms with Gasteiger partial charge >= 0.3 is 0 Å². The van der Waals surface area contributed by atoms with E-state index in [9.17, 15) is 0 Å². The number of nitrogens with zero attached hydrogens (tertiary/aromatic N) is 2. The molecule has 0 radical (unpaired) electrons. The summed E-state index contributed by atoms with van der Waals surface area (Å²) in [7, 11) is 0. The van der Waals surface area contributed by atoms with Crippen molar-refractivity contribution in [3.8, 4) is 6.07 Å². The van der Waals surface area contributed by atoms with Crippen molar-refractivity contribution in [3.63, 3.8) is 0 Å². The van der Waals surface area contributed by atoms with Crippen molar-refractivity contribution in [1.82, 2.24) is 10.3 Å². The van der Waals surface area contributed by atoms with Crippen molar-refractivity contribution >= 4 is 27.7 Å². The molecule has 104 valence electrons. The number of thioether (sulfide) groups is 1. The first kappa shape index (κ1) is 16.5. The van der Waals surface area contributed by atoms with Crippen molar-refractivity contribution in [2.24, 2.45) is 0 Å². The Morgan fingerprint density at radius 3 is 2.84 bits per heavy atom. The maximum Gasteiger partial charge on any atom is 0.103 e. The summed E-state index contributed by atoms with van der Waals surface area (Å²) in [5.74, 6) is 1.04. The summed E-state index contributed by atoms with van der Waals surface area (Å²) >= 11 is 5.14. The average Bonchev–Trinajstić information content (AvgIpc) is 2.41.